The minimum Gasteiger partial charge on any atom is -0.368 e. The first-order chi connectivity index (χ1) is 13.6. The molecule has 3 rings (SSSR count). The van der Waals surface area contributed by atoms with E-state index in [9.17, 15) is 9.59 Å². The second-order valence-corrected chi connectivity index (χ2v) is 6.65. The van der Waals surface area contributed by atoms with Crippen molar-refractivity contribution in [2.24, 2.45) is 0 Å². The zero-order chi connectivity index (χ0) is 19.8. The van der Waals surface area contributed by atoms with Crippen molar-refractivity contribution in [1.29, 1.82) is 0 Å². The molecule has 0 bridgehead atoms. The molecule has 1 aromatic carbocycles. The number of ether oxygens (including phenoxy) is 1. The van der Waals surface area contributed by atoms with Crippen molar-refractivity contribution in [3.63, 3.8) is 0 Å². The molecule has 0 spiro atoms. The van der Waals surface area contributed by atoms with E-state index in [4.69, 9.17) is 4.74 Å². The molecule has 1 saturated heterocycles. The van der Waals surface area contributed by atoms with Gasteiger partial charge in [0.25, 0.3) is 5.91 Å². The van der Waals surface area contributed by atoms with Gasteiger partial charge in [0.2, 0.25) is 0 Å². The third-order valence-corrected chi connectivity index (χ3v) is 4.80. The number of carbonyl (C=O) groups excluding carboxylic acids is 2. The van der Waals surface area contributed by atoms with E-state index in [1.54, 1.807) is 43.8 Å². The van der Waals surface area contributed by atoms with Gasteiger partial charge in [-0.25, -0.2) is 4.79 Å². The van der Waals surface area contributed by atoms with Gasteiger partial charge in [0.15, 0.2) is 0 Å². The van der Waals surface area contributed by atoms with Crippen LogP contribution in [0, 0.1) is 0 Å². The molecule has 8 nitrogen and oxygen atoms in total. The predicted octanol–water partition coefficient (Wildman–Crippen LogP) is 2.95. The normalized spacial score (nSPS) is 14.4. The second-order valence-electron chi connectivity index (χ2n) is 6.65. The summed E-state index contributed by atoms with van der Waals surface area (Å²) in [7, 11) is 1.57. The lowest BCUT2D eigenvalue weighted by atomic mass is 9.91. The highest BCUT2D eigenvalue weighted by Crippen LogP contribution is 2.25. The van der Waals surface area contributed by atoms with Gasteiger partial charge in [-0.3, -0.25) is 9.78 Å². The Kier molecular flexibility index (Phi) is 10.5. The van der Waals surface area contributed by atoms with Crippen molar-refractivity contribution >= 4 is 48.1 Å². The van der Waals surface area contributed by atoms with E-state index in [1.807, 2.05) is 12.1 Å². The summed E-state index contributed by atoms with van der Waals surface area (Å²) >= 11 is 0. The number of hydrogen-bond donors (Lipinski definition) is 4. The van der Waals surface area contributed by atoms with Crippen LogP contribution in [-0.4, -0.2) is 42.7 Å². The smallest absolute Gasteiger partial charge is 0.319 e. The minimum absolute atomic E-state index is 0. The number of halogens is 2. The molecule has 164 valence electrons. The fraction of sp³-hybridized carbons (Fsp3) is 0.350. The third-order valence-electron chi connectivity index (χ3n) is 4.80. The molecule has 4 N–H and O–H groups in total. The van der Waals surface area contributed by atoms with E-state index < -0.39 is 5.60 Å². The Morgan fingerprint density at radius 3 is 2.33 bits per heavy atom. The number of hydrogen-bond acceptors (Lipinski definition) is 5. The maximum absolute atomic E-state index is 12.7. The number of carbonyl (C=O) groups is 2. The molecule has 0 atom stereocenters. The lowest BCUT2D eigenvalue weighted by Crippen LogP contribution is -2.51. The van der Waals surface area contributed by atoms with Crippen molar-refractivity contribution in [3.05, 3.63) is 54.4 Å². The highest BCUT2D eigenvalue weighted by atomic mass is 35.5. The Bertz CT molecular complexity index is 817. The Morgan fingerprint density at radius 1 is 1.07 bits per heavy atom. The summed E-state index contributed by atoms with van der Waals surface area (Å²) < 4.78 is 5.55. The first kappa shape index (κ1) is 25.6. The van der Waals surface area contributed by atoms with Crippen LogP contribution in [0.5, 0.6) is 0 Å². The molecule has 0 radical (unpaired) electrons. The van der Waals surface area contributed by atoms with Crippen LogP contribution < -0.4 is 21.3 Å². The van der Waals surface area contributed by atoms with Gasteiger partial charge in [0, 0.05) is 37.4 Å². The highest BCUT2D eigenvalue weighted by Gasteiger charge is 2.39. The molecule has 0 unspecified atom stereocenters. The van der Waals surface area contributed by atoms with E-state index in [2.05, 4.69) is 26.3 Å². The van der Waals surface area contributed by atoms with Crippen LogP contribution in [0.3, 0.4) is 0 Å². The number of aromatic nitrogens is 1. The van der Waals surface area contributed by atoms with Gasteiger partial charge >= 0.3 is 6.03 Å². The van der Waals surface area contributed by atoms with Crippen molar-refractivity contribution < 1.29 is 14.3 Å². The minimum atomic E-state index is -0.823. The van der Waals surface area contributed by atoms with Crippen LogP contribution in [0.15, 0.2) is 48.8 Å². The van der Waals surface area contributed by atoms with Crippen molar-refractivity contribution in [3.8, 4) is 0 Å². The zero-order valence-corrected chi connectivity index (χ0v) is 18.3. The molecule has 1 aliphatic heterocycles. The lowest BCUT2D eigenvalue weighted by molar-refractivity contribution is -0.140. The Hall–Kier alpha value is -2.39. The highest BCUT2D eigenvalue weighted by molar-refractivity contribution is 5.98. The van der Waals surface area contributed by atoms with Crippen LogP contribution >= 0.6 is 24.8 Å². The molecule has 1 fully saturated rings. The summed E-state index contributed by atoms with van der Waals surface area (Å²) in [6.07, 6.45) is 4.59. The fourth-order valence-corrected chi connectivity index (χ4v) is 3.13. The standard InChI is InChI=1S/C20H25N5O3.2ClH/c1-28-20(7-11-22-12-8-20)18(26)24-16-3-2-4-17(13-16)25-19(27)23-14-15-5-9-21-10-6-15;;/h2-6,9-10,13,22H,7-8,11-12,14H2,1H3,(H,24,26)(H2,23,25,27);2*1H. The number of nitrogens with zero attached hydrogens (tertiary/aromatic N) is 1. The average molecular weight is 456 g/mol. The van der Waals surface area contributed by atoms with E-state index in [0.717, 1.165) is 18.7 Å². The van der Waals surface area contributed by atoms with Gasteiger partial charge in [-0.1, -0.05) is 6.07 Å². The quantitative estimate of drug-likeness (QED) is 0.535. The number of amides is 3. The summed E-state index contributed by atoms with van der Waals surface area (Å²) in [5.41, 5.74) is 1.32. The van der Waals surface area contributed by atoms with E-state index >= 15 is 0 Å². The summed E-state index contributed by atoms with van der Waals surface area (Å²) in [6, 6.07) is 10.4. The number of piperidine rings is 1. The van der Waals surface area contributed by atoms with Gasteiger partial charge in [-0.15, -0.1) is 24.8 Å². The largest absolute Gasteiger partial charge is 0.368 e. The number of benzene rings is 1. The SMILES string of the molecule is COC1(C(=O)Nc2cccc(NC(=O)NCc3ccncc3)c2)CCNCC1.Cl.Cl. The number of methoxy groups -OCH3 is 1. The molecule has 0 saturated carbocycles. The van der Waals surface area contributed by atoms with Crippen LogP contribution in [0.1, 0.15) is 18.4 Å². The molecule has 1 aromatic heterocycles. The van der Waals surface area contributed by atoms with Crippen LogP contribution in [-0.2, 0) is 16.1 Å². The number of urea groups is 1. The topological polar surface area (TPSA) is 104 Å². The van der Waals surface area contributed by atoms with E-state index in [-0.39, 0.29) is 36.8 Å². The molecule has 3 amide bonds. The van der Waals surface area contributed by atoms with E-state index in [1.165, 1.54) is 0 Å². The van der Waals surface area contributed by atoms with E-state index in [0.29, 0.717) is 30.8 Å². The summed E-state index contributed by atoms with van der Waals surface area (Å²) in [4.78, 5) is 28.8. The molecule has 10 heteroatoms. The maximum Gasteiger partial charge on any atom is 0.319 e. The lowest BCUT2D eigenvalue weighted by Gasteiger charge is -2.34. The van der Waals surface area contributed by atoms with Crippen molar-refractivity contribution in [2.45, 2.75) is 25.0 Å². The number of nitrogens with one attached hydrogen (secondary N) is 4. The summed E-state index contributed by atoms with van der Waals surface area (Å²) in [5.74, 6) is -0.171. The first-order valence-electron chi connectivity index (χ1n) is 9.22. The van der Waals surface area contributed by atoms with Crippen LogP contribution in [0.2, 0.25) is 0 Å². The van der Waals surface area contributed by atoms with Crippen molar-refractivity contribution in [1.82, 2.24) is 15.6 Å². The van der Waals surface area contributed by atoms with Gasteiger partial charge < -0.3 is 26.0 Å². The average Bonchev–Trinajstić information content (AvgIpc) is 2.73. The maximum atomic E-state index is 12.7. The summed E-state index contributed by atoms with van der Waals surface area (Å²) in [6.45, 7) is 1.87. The molecule has 1 aliphatic rings. The molecule has 2 aromatic rings. The van der Waals surface area contributed by atoms with Crippen LogP contribution in [0.25, 0.3) is 0 Å². The Balaban J connectivity index is 0.00000225. The zero-order valence-electron chi connectivity index (χ0n) is 16.6. The molecule has 2 heterocycles. The molecular formula is C20H27Cl2N5O3. The number of anilines is 2. The van der Waals surface area contributed by atoms with Gasteiger partial charge in [-0.05, 0) is 61.8 Å². The van der Waals surface area contributed by atoms with Gasteiger partial charge in [0.1, 0.15) is 5.60 Å². The number of rotatable bonds is 6. The van der Waals surface area contributed by atoms with Crippen LogP contribution in [0.4, 0.5) is 16.2 Å². The van der Waals surface area contributed by atoms with Gasteiger partial charge in [-0.2, -0.15) is 0 Å². The molecular weight excluding hydrogens is 429 g/mol. The Labute approximate surface area is 188 Å². The fourth-order valence-electron chi connectivity index (χ4n) is 3.13. The molecule has 30 heavy (non-hydrogen) atoms. The van der Waals surface area contributed by atoms with Crippen molar-refractivity contribution in [2.75, 3.05) is 30.8 Å². The Morgan fingerprint density at radius 2 is 1.70 bits per heavy atom. The third kappa shape index (κ3) is 6.84. The van der Waals surface area contributed by atoms with Gasteiger partial charge in [0.05, 0.1) is 0 Å². The second kappa shape index (κ2) is 12.3. The summed E-state index contributed by atoms with van der Waals surface area (Å²) in [5, 5.41) is 11.7. The molecule has 0 aliphatic carbocycles. The monoisotopic (exact) mass is 455 g/mol. The predicted molar refractivity (Wildman–Crippen MR) is 122 cm³/mol. The number of pyridine rings is 1. The first-order valence-corrected chi connectivity index (χ1v) is 9.22.